The zero-order valence-electron chi connectivity index (χ0n) is 17.8. The Bertz CT molecular complexity index is 585. The van der Waals surface area contributed by atoms with E-state index in [1.165, 1.54) is 88.6 Å². The number of hydrogen-bond donors (Lipinski definition) is 1. The highest BCUT2D eigenvalue weighted by Gasteiger charge is 2.11. The van der Waals surface area contributed by atoms with E-state index < -0.39 is 0 Å². The van der Waals surface area contributed by atoms with Crippen LogP contribution in [-0.4, -0.2) is 4.98 Å². The van der Waals surface area contributed by atoms with Crippen LogP contribution < -0.4 is 4.57 Å². The molecule has 0 saturated carbocycles. The summed E-state index contributed by atoms with van der Waals surface area (Å²) in [7, 11) is 0. The van der Waals surface area contributed by atoms with Crippen LogP contribution in [0, 0.1) is 5.92 Å². The number of unbranched alkanes of at least 4 members (excludes halogenated alkanes) is 10. The maximum atomic E-state index is 3.41. The molecule has 0 radical (unpaired) electrons. The SMILES string of the molecule is CC(C)CCCCCCCCCCCCCc1[nH]cc[n+]1-c1ccccc1. The lowest BCUT2D eigenvalue weighted by atomic mass is 10.0. The number of aromatic amines is 1. The summed E-state index contributed by atoms with van der Waals surface area (Å²) < 4.78 is 2.28. The predicted molar refractivity (Wildman–Crippen MR) is 116 cm³/mol. The lowest BCUT2D eigenvalue weighted by Gasteiger charge is -2.05. The molecular weight excluding hydrogens is 328 g/mol. The van der Waals surface area contributed by atoms with E-state index in [4.69, 9.17) is 0 Å². The molecule has 0 atom stereocenters. The van der Waals surface area contributed by atoms with Gasteiger partial charge in [0.25, 0.3) is 5.82 Å². The molecule has 0 spiro atoms. The van der Waals surface area contributed by atoms with Gasteiger partial charge < -0.3 is 0 Å². The van der Waals surface area contributed by atoms with Gasteiger partial charge in [-0.25, -0.2) is 4.98 Å². The minimum absolute atomic E-state index is 0.880. The summed E-state index contributed by atoms with van der Waals surface area (Å²) in [6, 6.07) is 10.6. The zero-order chi connectivity index (χ0) is 19.2. The minimum atomic E-state index is 0.880. The molecule has 0 saturated heterocycles. The molecule has 2 heteroatoms. The molecule has 27 heavy (non-hydrogen) atoms. The molecule has 0 aliphatic heterocycles. The summed E-state index contributed by atoms with van der Waals surface area (Å²) in [6.07, 6.45) is 22.3. The number of aromatic nitrogens is 2. The van der Waals surface area contributed by atoms with Gasteiger partial charge >= 0.3 is 0 Å². The monoisotopic (exact) mass is 369 g/mol. The van der Waals surface area contributed by atoms with E-state index in [0.29, 0.717) is 0 Å². The van der Waals surface area contributed by atoms with Crippen LogP contribution in [-0.2, 0) is 6.42 Å². The quantitative estimate of drug-likeness (QED) is 0.253. The van der Waals surface area contributed by atoms with E-state index in [0.717, 1.165) is 12.3 Å². The van der Waals surface area contributed by atoms with Crippen LogP contribution in [0.1, 0.15) is 96.7 Å². The Kier molecular flexibility index (Phi) is 10.9. The summed E-state index contributed by atoms with van der Waals surface area (Å²) in [5.41, 5.74) is 1.25. The third-order valence-electron chi connectivity index (χ3n) is 5.49. The third-order valence-corrected chi connectivity index (χ3v) is 5.49. The van der Waals surface area contributed by atoms with Gasteiger partial charge in [0.15, 0.2) is 0 Å². The van der Waals surface area contributed by atoms with Crippen molar-refractivity contribution in [3.63, 3.8) is 0 Å². The maximum Gasteiger partial charge on any atom is 0.259 e. The van der Waals surface area contributed by atoms with Crippen molar-refractivity contribution in [2.45, 2.75) is 97.3 Å². The lowest BCUT2D eigenvalue weighted by Crippen LogP contribution is -2.32. The minimum Gasteiger partial charge on any atom is -0.247 e. The zero-order valence-corrected chi connectivity index (χ0v) is 17.8. The van der Waals surface area contributed by atoms with Crippen LogP contribution in [0.2, 0.25) is 0 Å². The molecule has 0 bridgehead atoms. The number of nitrogens with zero attached hydrogens (tertiary/aromatic N) is 1. The number of benzene rings is 1. The second-order valence-corrected chi connectivity index (χ2v) is 8.43. The van der Waals surface area contributed by atoms with Crippen molar-refractivity contribution < 1.29 is 4.57 Å². The van der Waals surface area contributed by atoms with Crippen molar-refractivity contribution in [1.29, 1.82) is 0 Å². The second-order valence-electron chi connectivity index (χ2n) is 8.43. The summed E-state index contributed by atoms with van der Waals surface area (Å²) in [5.74, 6) is 2.20. The van der Waals surface area contributed by atoms with E-state index in [2.05, 4.69) is 59.9 Å². The van der Waals surface area contributed by atoms with Gasteiger partial charge in [0.05, 0.1) is 0 Å². The van der Waals surface area contributed by atoms with E-state index >= 15 is 0 Å². The molecular formula is C25H41N2+. The van der Waals surface area contributed by atoms with Crippen LogP contribution in [0.4, 0.5) is 0 Å². The predicted octanol–water partition coefficient (Wildman–Crippen LogP) is 7.17. The van der Waals surface area contributed by atoms with Crippen molar-refractivity contribution in [3.05, 3.63) is 48.5 Å². The number of aryl methyl sites for hydroxylation is 1. The molecule has 150 valence electrons. The van der Waals surface area contributed by atoms with Gasteiger partial charge in [-0.2, -0.15) is 4.57 Å². The fourth-order valence-corrected chi connectivity index (χ4v) is 3.83. The Morgan fingerprint density at radius 2 is 1.30 bits per heavy atom. The lowest BCUT2D eigenvalue weighted by molar-refractivity contribution is -0.603. The fourth-order valence-electron chi connectivity index (χ4n) is 3.83. The van der Waals surface area contributed by atoms with E-state index in [-0.39, 0.29) is 0 Å². The van der Waals surface area contributed by atoms with Crippen LogP contribution in [0.15, 0.2) is 42.7 Å². The molecule has 0 aliphatic rings. The highest BCUT2D eigenvalue weighted by molar-refractivity contribution is 5.21. The van der Waals surface area contributed by atoms with Gasteiger partial charge in [0, 0.05) is 6.42 Å². The van der Waals surface area contributed by atoms with Crippen molar-refractivity contribution in [3.8, 4) is 5.69 Å². The topological polar surface area (TPSA) is 19.7 Å². The Labute approximate surface area is 167 Å². The highest BCUT2D eigenvalue weighted by Crippen LogP contribution is 2.14. The van der Waals surface area contributed by atoms with E-state index in [1.54, 1.807) is 0 Å². The molecule has 1 aromatic heterocycles. The van der Waals surface area contributed by atoms with E-state index in [1.807, 2.05) is 6.20 Å². The van der Waals surface area contributed by atoms with Gasteiger partial charge in [0.1, 0.15) is 18.1 Å². The molecule has 1 aromatic carbocycles. The number of para-hydroxylation sites is 1. The fraction of sp³-hybridized carbons (Fsp3) is 0.640. The van der Waals surface area contributed by atoms with Gasteiger partial charge in [-0.05, 0) is 24.5 Å². The average molecular weight is 370 g/mol. The Morgan fingerprint density at radius 3 is 1.89 bits per heavy atom. The number of rotatable bonds is 15. The van der Waals surface area contributed by atoms with Crippen LogP contribution in [0.25, 0.3) is 5.69 Å². The summed E-state index contributed by atoms with van der Waals surface area (Å²) in [6.45, 7) is 4.66. The molecule has 0 aliphatic carbocycles. The van der Waals surface area contributed by atoms with Crippen LogP contribution in [0.3, 0.4) is 0 Å². The van der Waals surface area contributed by atoms with Gasteiger partial charge in [-0.3, -0.25) is 0 Å². The molecule has 1 N–H and O–H groups in total. The third kappa shape index (κ3) is 9.26. The maximum absolute atomic E-state index is 3.41. The van der Waals surface area contributed by atoms with Crippen molar-refractivity contribution in [2.24, 2.45) is 5.92 Å². The Morgan fingerprint density at radius 1 is 0.741 bits per heavy atom. The number of H-pyrrole nitrogens is 1. The molecule has 1 heterocycles. The summed E-state index contributed by atoms with van der Waals surface area (Å²) in [4.78, 5) is 3.41. The summed E-state index contributed by atoms with van der Waals surface area (Å²) >= 11 is 0. The molecule has 2 nitrogen and oxygen atoms in total. The standard InChI is InChI=1S/C25H40N2/c1-23(2)17-13-10-8-6-4-3-5-7-9-11-16-20-25-26-21-22-27(25)24-18-14-12-15-19-24/h12,14-15,18-19,21-23H,3-11,13,16-17,20H2,1-2H3/p+1. The Hall–Kier alpha value is -1.57. The molecule has 2 rings (SSSR count). The molecule has 0 amide bonds. The van der Waals surface area contributed by atoms with Crippen LogP contribution in [0.5, 0.6) is 0 Å². The van der Waals surface area contributed by atoms with Crippen LogP contribution >= 0.6 is 0 Å². The number of hydrogen-bond acceptors (Lipinski definition) is 0. The smallest absolute Gasteiger partial charge is 0.247 e. The first-order valence-corrected chi connectivity index (χ1v) is 11.4. The Balaban J connectivity index is 1.44. The first-order chi connectivity index (χ1) is 13.3. The largest absolute Gasteiger partial charge is 0.259 e. The van der Waals surface area contributed by atoms with Gasteiger partial charge in [-0.15, -0.1) is 0 Å². The average Bonchev–Trinajstić information content (AvgIpc) is 3.14. The number of nitrogens with one attached hydrogen (secondary N) is 1. The van der Waals surface area contributed by atoms with Crippen molar-refractivity contribution in [1.82, 2.24) is 4.98 Å². The molecule has 0 unspecified atom stereocenters. The normalized spacial score (nSPS) is 11.4. The number of imidazole rings is 1. The molecule has 0 fully saturated rings. The molecule has 2 aromatic rings. The second kappa shape index (κ2) is 13.6. The van der Waals surface area contributed by atoms with E-state index in [9.17, 15) is 0 Å². The highest BCUT2D eigenvalue weighted by atomic mass is 15.1. The van der Waals surface area contributed by atoms with Gasteiger partial charge in [0.2, 0.25) is 0 Å². The summed E-state index contributed by atoms with van der Waals surface area (Å²) in [5, 5.41) is 0. The van der Waals surface area contributed by atoms with Crippen molar-refractivity contribution in [2.75, 3.05) is 0 Å². The first kappa shape index (κ1) is 21.7. The van der Waals surface area contributed by atoms with Gasteiger partial charge in [-0.1, -0.05) is 103 Å². The van der Waals surface area contributed by atoms with Crippen molar-refractivity contribution >= 4 is 0 Å². The first-order valence-electron chi connectivity index (χ1n) is 11.4.